The first-order chi connectivity index (χ1) is 16.6. The zero-order chi connectivity index (χ0) is 23.5. The van der Waals surface area contributed by atoms with Crippen LogP contribution in [0.25, 0.3) is 22.8 Å². The van der Waals surface area contributed by atoms with Gasteiger partial charge in [-0.25, -0.2) is 0 Å². The van der Waals surface area contributed by atoms with E-state index in [0.717, 1.165) is 24.8 Å². The van der Waals surface area contributed by atoms with E-state index < -0.39 is 0 Å². The number of hydrogen-bond acceptors (Lipinski definition) is 3. The van der Waals surface area contributed by atoms with Gasteiger partial charge in [-0.05, 0) is 93.3 Å². The quantitative estimate of drug-likeness (QED) is 0.290. The van der Waals surface area contributed by atoms with Crippen molar-refractivity contribution in [1.82, 2.24) is 4.98 Å². The van der Waals surface area contributed by atoms with Crippen LogP contribution in [0.3, 0.4) is 0 Å². The van der Waals surface area contributed by atoms with Crippen molar-refractivity contribution in [1.29, 1.82) is 0 Å². The van der Waals surface area contributed by atoms with Crippen LogP contribution in [0.15, 0.2) is 91.3 Å². The van der Waals surface area contributed by atoms with Gasteiger partial charge in [-0.15, -0.1) is 0 Å². The van der Waals surface area contributed by atoms with Gasteiger partial charge in [0, 0.05) is 24.5 Å². The van der Waals surface area contributed by atoms with Gasteiger partial charge in [0.2, 0.25) is 0 Å². The fraction of sp³-hybridized carbons (Fsp3) is 0.167. The summed E-state index contributed by atoms with van der Waals surface area (Å²) in [5.74, 6) is 0.521. The summed E-state index contributed by atoms with van der Waals surface area (Å²) < 4.78 is 0. The molecule has 0 radical (unpaired) electrons. The number of nitrogens with zero attached hydrogens (tertiary/aromatic N) is 2. The largest absolute Gasteiger partial charge is 0.269 e. The van der Waals surface area contributed by atoms with E-state index in [4.69, 9.17) is 0 Å². The molecule has 0 spiro atoms. The molecule has 2 aliphatic carbocycles. The summed E-state index contributed by atoms with van der Waals surface area (Å²) in [5, 5.41) is 13.7. The van der Waals surface area contributed by atoms with Crippen LogP contribution in [-0.2, 0) is 6.42 Å². The number of non-ortho nitro benzene ring substituents is 1. The number of rotatable bonds is 2. The fourth-order valence-electron chi connectivity index (χ4n) is 5.03. The average molecular weight is 447 g/mol. The molecular formula is C30H26N2O2. The summed E-state index contributed by atoms with van der Waals surface area (Å²) in [4.78, 5) is 14.5. The second-order valence-electron chi connectivity index (χ2n) is 8.80. The van der Waals surface area contributed by atoms with Crippen LogP contribution in [0.1, 0.15) is 42.4 Å². The zero-order valence-electron chi connectivity index (χ0n) is 19.1. The van der Waals surface area contributed by atoms with Crippen molar-refractivity contribution >= 4 is 17.3 Å². The number of benzene rings is 3. The molecule has 0 saturated carbocycles. The van der Waals surface area contributed by atoms with E-state index in [1.165, 1.54) is 38.3 Å². The normalized spacial score (nSPS) is 15.6. The van der Waals surface area contributed by atoms with E-state index in [1.807, 2.05) is 30.3 Å². The highest BCUT2D eigenvalue weighted by Gasteiger charge is 2.22. The molecule has 4 nitrogen and oxygen atoms in total. The maximum Gasteiger partial charge on any atom is 0.269 e. The van der Waals surface area contributed by atoms with E-state index in [2.05, 4.69) is 54.4 Å². The zero-order valence-corrected chi connectivity index (χ0v) is 19.1. The minimum atomic E-state index is -0.335. The molecule has 0 amide bonds. The molecule has 1 atom stereocenters. The van der Waals surface area contributed by atoms with Gasteiger partial charge in [-0.3, -0.25) is 15.1 Å². The van der Waals surface area contributed by atoms with Crippen molar-refractivity contribution in [2.75, 3.05) is 0 Å². The van der Waals surface area contributed by atoms with Crippen LogP contribution >= 0.6 is 0 Å². The van der Waals surface area contributed by atoms with E-state index in [-0.39, 0.29) is 10.6 Å². The van der Waals surface area contributed by atoms with Gasteiger partial charge in [0.15, 0.2) is 0 Å². The minimum absolute atomic E-state index is 0.143. The molecule has 0 bridgehead atoms. The Morgan fingerprint density at radius 2 is 1.65 bits per heavy atom. The number of pyridine rings is 1. The Bertz CT molecular complexity index is 1430. The van der Waals surface area contributed by atoms with Crippen LogP contribution in [0.4, 0.5) is 5.69 Å². The molecule has 6 rings (SSSR count). The summed E-state index contributed by atoms with van der Waals surface area (Å²) in [6.45, 7) is 2.30. The maximum absolute atomic E-state index is 11.0. The first-order valence-corrected chi connectivity index (χ1v) is 11.7. The highest BCUT2D eigenvalue weighted by Crippen LogP contribution is 2.32. The molecule has 3 aromatic carbocycles. The lowest BCUT2D eigenvalue weighted by atomic mass is 9.79. The van der Waals surface area contributed by atoms with Crippen LogP contribution in [0, 0.1) is 10.1 Å². The van der Waals surface area contributed by atoms with Crippen LogP contribution in [-0.4, -0.2) is 9.91 Å². The van der Waals surface area contributed by atoms with E-state index in [9.17, 15) is 10.1 Å². The third-order valence-corrected chi connectivity index (χ3v) is 6.76. The molecule has 2 aliphatic rings. The predicted octanol–water partition coefficient (Wildman–Crippen LogP) is 5.78. The summed E-state index contributed by atoms with van der Waals surface area (Å²) in [6, 6.07) is 26.0. The second kappa shape index (κ2) is 9.44. The minimum Gasteiger partial charge on any atom is -0.265 e. The number of fused-ring (bicyclic) bond motifs is 5. The molecule has 0 aliphatic heterocycles. The van der Waals surface area contributed by atoms with Gasteiger partial charge < -0.3 is 0 Å². The average Bonchev–Trinajstić information content (AvgIpc) is 2.90. The van der Waals surface area contributed by atoms with Crippen molar-refractivity contribution in [2.24, 2.45) is 0 Å². The van der Waals surface area contributed by atoms with Gasteiger partial charge in [-0.2, -0.15) is 0 Å². The van der Waals surface area contributed by atoms with Crippen LogP contribution in [0.5, 0.6) is 0 Å². The highest BCUT2D eigenvalue weighted by atomic mass is 16.6. The molecule has 1 unspecified atom stereocenters. The summed E-state index contributed by atoms with van der Waals surface area (Å²) in [7, 11) is 0. The highest BCUT2D eigenvalue weighted by molar-refractivity contribution is 5.77. The summed E-state index contributed by atoms with van der Waals surface area (Å²) in [5.41, 5.74) is 7.95. The Hall–Kier alpha value is -4.05. The Morgan fingerprint density at radius 1 is 0.882 bits per heavy atom. The van der Waals surface area contributed by atoms with Crippen molar-refractivity contribution in [2.45, 2.75) is 32.1 Å². The van der Waals surface area contributed by atoms with Crippen LogP contribution < -0.4 is 10.4 Å². The van der Waals surface area contributed by atoms with Gasteiger partial charge in [0.25, 0.3) is 5.69 Å². The fourth-order valence-corrected chi connectivity index (χ4v) is 5.03. The first kappa shape index (κ1) is 21.8. The molecule has 4 heteroatoms. The Morgan fingerprint density at radius 3 is 2.32 bits per heavy atom. The van der Waals surface area contributed by atoms with Gasteiger partial charge in [-0.1, -0.05) is 55.5 Å². The molecule has 0 fully saturated rings. The van der Waals surface area contributed by atoms with Crippen LogP contribution in [0.2, 0.25) is 0 Å². The van der Waals surface area contributed by atoms with E-state index in [0.29, 0.717) is 5.92 Å². The molecule has 4 aromatic rings. The number of aromatic nitrogens is 1. The lowest BCUT2D eigenvalue weighted by Gasteiger charge is -2.25. The monoisotopic (exact) mass is 446 g/mol. The Labute approximate surface area is 199 Å². The molecule has 168 valence electrons. The van der Waals surface area contributed by atoms with Crippen molar-refractivity contribution in [3.8, 4) is 11.1 Å². The standard InChI is InChI=1S/C25H21NO2.C5H5N/c1-16-6-12-22(18-7-10-19(11-8-18)26(27)28)25-20(16)14-15-23-21-5-3-2-4-17(21)9-13-24(23)25;1-2-4-6-5-3-1/h2-5,7-8,10-11,13-16H,6,9,12H2,1H3;1-5H. The smallest absolute Gasteiger partial charge is 0.265 e. The van der Waals surface area contributed by atoms with Gasteiger partial charge in [0.1, 0.15) is 0 Å². The third kappa shape index (κ3) is 4.15. The number of nitro benzene ring substituents is 1. The third-order valence-electron chi connectivity index (χ3n) is 6.76. The second-order valence-corrected chi connectivity index (χ2v) is 8.80. The maximum atomic E-state index is 11.0. The lowest BCUT2D eigenvalue weighted by Crippen LogP contribution is -2.37. The van der Waals surface area contributed by atoms with Crippen molar-refractivity contribution in [3.05, 3.63) is 128 Å². The molecule has 34 heavy (non-hydrogen) atoms. The van der Waals surface area contributed by atoms with Crippen molar-refractivity contribution < 1.29 is 4.92 Å². The molecule has 1 aromatic heterocycles. The van der Waals surface area contributed by atoms with Gasteiger partial charge in [0.05, 0.1) is 4.92 Å². The van der Waals surface area contributed by atoms with Gasteiger partial charge >= 0.3 is 0 Å². The predicted molar refractivity (Wildman–Crippen MR) is 137 cm³/mol. The number of hydrogen-bond donors (Lipinski definition) is 0. The van der Waals surface area contributed by atoms with Crippen molar-refractivity contribution in [3.63, 3.8) is 0 Å². The number of nitro groups is 1. The van der Waals surface area contributed by atoms with E-state index in [1.54, 1.807) is 24.5 Å². The first-order valence-electron chi connectivity index (χ1n) is 11.7. The SMILES string of the molecule is CC1CCC(c2ccc([N+](=O)[O-])cc2)=c2c1ccc1c2=CCc2ccccc2-1.c1ccncc1. The summed E-state index contributed by atoms with van der Waals surface area (Å²) in [6.07, 6.45) is 8.91. The van der Waals surface area contributed by atoms with E-state index >= 15 is 0 Å². The molecule has 0 N–H and O–H groups in total. The summed E-state index contributed by atoms with van der Waals surface area (Å²) >= 11 is 0. The Kier molecular flexibility index (Phi) is 6.05. The lowest BCUT2D eigenvalue weighted by molar-refractivity contribution is -0.384. The molecular weight excluding hydrogens is 420 g/mol. The topological polar surface area (TPSA) is 56.0 Å². The Balaban J connectivity index is 0.000000351. The molecule has 0 saturated heterocycles. The molecule has 1 heterocycles.